The van der Waals surface area contributed by atoms with Crippen molar-refractivity contribution in [3.05, 3.63) is 29.3 Å². The first-order chi connectivity index (χ1) is 13.8. The Morgan fingerprint density at radius 1 is 1.10 bits per heavy atom. The highest BCUT2D eigenvalue weighted by Gasteiger charge is 2.22. The Morgan fingerprint density at radius 2 is 1.86 bits per heavy atom. The largest absolute Gasteiger partial charge is 0.449 e. The van der Waals surface area contributed by atoms with Gasteiger partial charge in [0.2, 0.25) is 5.91 Å². The van der Waals surface area contributed by atoms with Gasteiger partial charge >= 0.3 is 12.1 Å². The fraction of sp³-hybridized carbons (Fsp3) is 0.571. The van der Waals surface area contributed by atoms with Crippen LogP contribution < -0.4 is 10.6 Å². The first kappa shape index (κ1) is 22.7. The van der Waals surface area contributed by atoms with E-state index in [4.69, 9.17) is 4.74 Å². The Morgan fingerprint density at radius 3 is 2.59 bits per heavy atom. The van der Waals surface area contributed by atoms with Gasteiger partial charge in [-0.3, -0.25) is 15.0 Å². The summed E-state index contributed by atoms with van der Waals surface area (Å²) < 4.78 is 5.28. The second kappa shape index (κ2) is 10.8. The van der Waals surface area contributed by atoms with Gasteiger partial charge in [-0.25, -0.2) is 9.59 Å². The summed E-state index contributed by atoms with van der Waals surface area (Å²) in [5.41, 5.74) is 2.71. The molecule has 2 rings (SSSR count). The van der Waals surface area contributed by atoms with Crippen molar-refractivity contribution < 1.29 is 19.1 Å². The van der Waals surface area contributed by atoms with Gasteiger partial charge in [0.15, 0.2) is 0 Å². The van der Waals surface area contributed by atoms with Crippen molar-refractivity contribution in [2.24, 2.45) is 5.92 Å². The summed E-state index contributed by atoms with van der Waals surface area (Å²) in [6, 6.07) is 5.07. The SMILES string of the molecule is Cc1cccc(NC(=O)NC(=O)CN2CCCN(C(=O)OCC(C)C)CC2)c1C. The smallest absolute Gasteiger partial charge is 0.409 e. The van der Waals surface area contributed by atoms with Crippen molar-refractivity contribution in [2.75, 3.05) is 44.6 Å². The van der Waals surface area contributed by atoms with E-state index in [0.717, 1.165) is 17.5 Å². The molecule has 0 aliphatic carbocycles. The number of hydrogen-bond donors (Lipinski definition) is 2. The van der Waals surface area contributed by atoms with Crippen LogP contribution in [0, 0.1) is 19.8 Å². The van der Waals surface area contributed by atoms with Crippen LogP contribution in [0.4, 0.5) is 15.3 Å². The predicted molar refractivity (Wildman–Crippen MR) is 112 cm³/mol. The molecule has 0 atom stereocenters. The molecule has 0 spiro atoms. The lowest BCUT2D eigenvalue weighted by Crippen LogP contribution is -2.43. The number of ether oxygens (including phenoxy) is 1. The van der Waals surface area contributed by atoms with Gasteiger partial charge in [-0.05, 0) is 43.4 Å². The van der Waals surface area contributed by atoms with E-state index in [-0.39, 0.29) is 18.5 Å². The van der Waals surface area contributed by atoms with Crippen LogP contribution in [-0.4, -0.2) is 67.2 Å². The minimum atomic E-state index is -0.544. The second-order valence-electron chi connectivity index (χ2n) is 7.84. The van der Waals surface area contributed by atoms with Gasteiger partial charge in [-0.15, -0.1) is 0 Å². The van der Waals surface area contributed by atoms with E-state index < -0.39 is 6.03 Å². The number of nitrogens with one attached hydrogen (secondary N) is 2. The summed E-state index contributed by atoms with van der Waals surface area (Å²) in [7, 11) is 0. The Labute approximate surface area is 172 Å². The second-order valence-corrected chi connectivity index (χ2v) is 7.84. The summed E-state index contributed by atoms with van der Waals surface area (Å²) in [5.74, 6) is -0.0792. The van der Waals surface area contributed by atoms with Gasteiger partial charge < -0.3 is 15.0 Å². The number of urea groups is 1. The fourth-order valence-electron chi connectivity index (χ4n) is 3.05. The van der Waals surface area contributed by atoms with Crippen molar-refractivity contribution in [1.82, 2.24) is 15.1 Å². The van der Waals surface area contributed by atoms with Gasteiger partial charge in [-0.2, -0.15) is 0 Å². The van der Waals surface area contributed by atoms with E-state index in [1.54, 1.807) is 11.0 Å². The summed E-state index contributed by atoms with van der Waals surface area (Å²) in [6.07, 6.45) is 0.441. The minimum absolute atomic E-state index is 0.106. The van der Waals surface area contributed by atoms with Gasteiger partial charge in [-0.1, -0.05) is 26.0 Å². The Bertz CT molecular complexity index is 735. The number of aryl methyl sites for hydroxylation is 1. The first-order valence-corrected chi connectivity index (χ1v) is 10.1. The summed E-state index contributed by atoms with van der Waals surface area (Å²) in [4.78, 5) is 40.1. The first-order valence-electron chi connectivity index (χ1n) is 10.1. The highest BCUT2D eigenvalue weighted by molar-refractivity contribution is 6.02. The quantitative estimate of drug-likeness (QED) is 0.787. The number of rotatable bonds is 5. The van der Waals surface area contributed by atoms with Gasteiger partial charge in [0.05, 0.1) is 13.2 Å². The molecule has 160 valence electrons. The highest BCUT2D eigenvalue weighted by atomic mass is 16.6. The van der Waals surface area contributed by atoms with Crippen molar-refractivity contribution >= 4 is 23.7 Å². The number of carbonyl (C=O) groups is 3. The zero-order chi connectivity index (χ0) is 21.4. The molecular formula is C21H32N4O4. The van der Waals surface area contributed by atoms with E-state index >= 15 is 0 Å². The molecule has 1 aromatic rings. The Hall–Kier alpha value is -2.61. The standard InChI is InChI=1S/C21H32N4O4/c1-15(2)14-29-21(28)25-10-6-9-24(11-12-25)13-19(26)23-20(27)22-18-8-5-7-16(3)17(18)4/h5,7-8,15H,6,9-14H2,1-4H3,(H2,22,23,26,27). The molecule has 1 fully saturated rings. The maximum Gasteiger partial charge on any atom is 0.409 e. The molecule has 8 nitrogen and oxygen atoms in total. The topological polar surface area (TPSA) is 91.0 Å². The molecule has 1 saturated heterocycles. The molecule has 8 heteroatoms. The minimum Gasteiger partial charge on any atom is -0.449 e. The summed E-state index contributed by atoms with van der Waals surface area (Å²) in [5, 5.41) is 5.09. The molecule has 29 heavy (non-hydrogen) atoms. The number of amides is 4. The monoisotopic (exact) mass is 404 g/mol. The molecule has 0 saturated carbocycles. The molecule has 1 aliphatic heterocycles. The third-order valence-corrected chi connectivity index (χ3v) is 4.86. The van der Waals surface area contributed by atoms with Crippen molar-refractivity contribution in [3.63, 3.8) is 0 Å². The van der Waals surface area contributed by atoms with Crippen LogP contribution in [0.1, 0.15) is 31.4 Å². The average molecular weight is 405 g/mol. The summed E-state index contributed by atoms with van der Waals surface area (Å²) in [6.45, 7) is 10.7. The molecule has 1 heterocycles. The van der Waals surface area contributed by atoms with E-state index in [2.05, 4.69) is 10.6 Å². The van der Waals surface area contributed by atoms with E-state index in [1.165, 1.54) is 0 Å². The Kier molecular flexibility index (Phi) is 8.45. The van der Waals surface area contributed by atoms with Gasteiger partial charge in [0, 0.05) is 31.9 Å². The van der Waals surface area contributed by atoms with Crippen LogP contribution >= 0.6 is 0 Å². The predicted octanol–water partition coefficient (Wildman–Crippen LogP) is 2.75. The maximum atomic E-state index is 12.3. The lowest BCUT2D eigenvalue weighted by Gasteiger charge is -2.21. The normalized spacial score (nSPS) is 15.0. The van der Waals surface area contributed by atoms with E-state index in [0.29, 0.717) is 44.4 Å². The number of carbonyl (C=O) groups excluding carboxylic acids is 3. The van der Waals surface area contributed by atoms with Crippen molar-refractivity contribution in [3.8, 4) is 0 Å². The van der Waals surface area contributed by atoms with Crippen LogP contribution in [0.5, 0.6) is 0 Å². The van der Waals surface area contributed by atoms with Crippen LogP contribution in [0.25, 0.3) is 0 Å². The molecule has 0 radical (unpaired) electrons. The molecule has 0 unspecified atom stereocenters. The number of benzene rings is 1. The molecule has 0 aromatic heterocycles. The molecule has 4 amide bonds. The third kappa shape index (κ3) is 7.38. The van der Waals surface area contributed by atoms with Crippen molar-refractivity contribution in [1.29, 1.82) is 0 Å². The van der Waals surface area contributed by atoms with Crippen molar-refractivity contribution in [2.45, 2.75) is 34.1 Å². The number of imide groups is 1. The average Bonchev–Trinajstić information content (AvgIpc) is 2.89. The van der Waals surface area contributed by atoms with E-state index in [9.17, 15) is 14.4 Å². The lowest BCUT2D eigenvalue weighted by molar-refractivity contribution is -0.121. The van der Waals surface area contributed by atoms with Crippen LogP contribution in [-0.2, 0) is 9.53 Å². The number of hydrogen-bond acceptors (Lipinski definition) is 5. The summed E-state index contributed by atoms with van der Waals surface area (Å²) >= 11 is 0. The van der Waals surface area contributed by atoms with Crippen LogP contribution in [0.2, 0.25) is 0 Å². The molecule has 1 aliphatic rings. The lowest BCUT2D eigenvalue weighted by atomic mass is 10.1. The van der Waals surface area contributed by atoms with E-state index in [1.807, 2.05) is 44.7 Å². The molecule has 0 bridgehead atoms. The van der Waals surface area contributed by atoms with Crippen LogP contribution in [0.15, 0.2) is 18.2 Å². The highest BCUT2D eigenvalue weighted by Crippen LogP contribution is 2.17. The van der Waals surface area contributed by atoms with Crippen LogP contribution in [0.3, 0.4) is 0 Å². The number of nitrogens with zero attached hydrogens (tertiary/aromatic N) is 2. The number of anilines is 1. The molecular weight excluding hydrogens is 372 g/mol. The maximum absolute atomic E-state index is 12.3. The van der Waals surface area contributed by atoms with Gasteiger partial charge in [0.1, 0.15) is 0 Å². The third-order valence-electron chi connectivity index (χ3n) is 4.86. The Balaban J connectivity index is 1.78. The van der Waals surface area contributed by atoms with Gasteiger partial charge in [0.25, 0.3) is 0 Å². The fourth-order valence-corrected chi connectivity index (χ4v) is 3.05. The zero-order valence-corrected chi connectivity index (χ0v) is 17.8. The zero-order valence-electron chi connectivity index (χ0n) is 17.8. The molecule has 1 aromatic carbocycles. The molecule has 2 N–H and O–H groups in total.